The van der Waals surface area contributed by atoms with Gasteiger partial charge in [0.1, 0.15) is 0 Å². The SMILES string of the molecule is O=C([O-])c1ccc(-c2ccccc2)c2cc3ccccc3cc12.[Na+]. The van der Waals surface area contributed by atoms with E-state index in [9.17, 15) is 9.90 Å². The molecule has 0 aliphatic carbocycles. The smallest absolute Gasteiger partial charge is 0.545 e. The van der Waals surface area contributed by atoms with Crippen molar-refractivity contribution in [1.82, 2.24) is 0 Å². The fraction of sp³-hybridized carbons (Fsp3) is 0. The molecule has 0 aliphatic heterocycles. The van der Waals surface area contributed by atoms with Gasteiger partial charge in [0.15, 0.2) is 0 Å². The summed E-state index contributed by atoms with van der Waals surface area (Å²) in [6.45, 7) is 0. The minimum atomic E-state index is -1.15. The molecule has 0 saturated carbocycles. The van der Waals surface area contributed by atoms with Crippen molar-refractivity contribution < 1.29 is 39.5 Å². The third kappa shape index (κ3) is 2.84. The summed E-state index contributed by atoms with van der Waals surface area (Å²) in [7, 11) is 0. The third-order valence-corrected chi connectivity index (χ3v) is 4.19. The molecule has 4 rings (SSSR count). The quantitative estimate of drug-likeness (QED) is 0.409. The standard InChI is InChI=1S/C21H14O2.Na/c22-21(23)18-11-10-17(14-6-2-1-3-7-14)19-12-15-8-4-5-9-16(15)13-20(18)19;/h1-13H,(H,22,23);/q;+1/p-1. The molecule has 0 radical (unpaired) electrons. The Labute approximate surface area is 162 Å². The Morgan fingerprint density at radius 1 is 0.708 bits per heavy atom. The Balaban J connectivity index is 0.00000169. The van der Waals surface area contributed by atoms with E-state index >= 15 is 0 Å². The zero-order chi connectivity index (χ0) is 15.8. The van der Waals surface area contributed by atoms with E-state index in [1.54, 1.807) is 6.07 Å². The molecular formula is C21H13NaO2. The number of carboxylic acids is 1. The molecule has 3 heteroatoms. The first-order chi connectivity index (χ1) is 11.2. The number of carbonyl (C=O) groups excluding carboxylic acids is 1. The maximum absolute atomic E-state index is 11.5. The van der Waals surface area contributed by atoms with Crippen molar-refractivity contribution >= 4 is 27.5 Å². The van der Waals surface area contributed by atoms with E-state index < -0.39 is 5.97 Å². The number of hydrogen-bond donors (Lipinski definition) is 0. The van der Waals surface area contributed by atoms with E-state index in [1.165, 1.54) is 0 Å². The first-order valence-electron chi connectivity index (χ1n) is 7.46. The van der Waals surface area contributed by atoms with Gasteiger partial charge in [0, 0.05) is 5.56 Å². The van der Waals surface area contributed by atoms with Crippen molar-refractivity contribution in [3.05, 3.63) is 84.4 Å². The molecule has 0 saturated heterocycles. The molecule has 2 nitrogen and oxygen atoms in total. The van der Waals surface area contributed by atoms with Gasteiger partial charge in [-0.25, -0.2) is 0 Å². The largest absolute Gasteiger partial charge is 1.00 e. The number of rotatable bonds is 2. The van der Waals surface area contributed by atoms with E-state index in [0.29, 0.717) is 5.39 Å². The van der Waals surface area contributed by atoms with Crippen LogP contribution in [0.3, 0.4) is 0 Å². The molecule has 0 heterocycles. The predicted octanol–water partition coefficient (Wildman–Crippen LogP) is 1.03. The normalized spacial score (nSPS) is 10.5. The Bertz CT molecular complexity index is 1040. The molecule has 0 unspecified atom stereocenters. The number of carbonyl (C=O) groups is 1. The Morgan fingerprint density at radius 2 is 1.29 bits per heavy atom. The molecule has 0 N–H and O–H groups in total. The number of hydrogen-bond acceptors (Lipinski definition) is 2. The molecule has 0 aliphatic rings. The summed E-state index contributed by atoms with van der Waals surface area (Å²) in [5.41, 5.74) is 2.32. The molecule has 110 valence electrons. The second-order valence-corrected chi connectivity index (χ2v) is 5.56. The topological polar surface area (TPSA) is 40.1 Å². The van der Waals surface area contributed by atoms with Crippen LogP contribution in [0.1, 0.15) is 10.4 Å². The zero-order valence-electron chi connectivity index (χ0n) is 13.3. The van der Waals surface area contributed by atoms with Crippen LogP contribution >= 0.6 is 0 Å². The first kappa shape index (κ1) is 16.7. The summed E-state index contributed by atoms with van der Waals surface area (Å²) >= 11 is 0. The zero-order valence-corrected chi connectivity index (χ0v) is 15.3. The van der Waals surface area contributed by atoms with E-state index in [2.05, 4.69) is 6.07 Å². The van der Waals surface area contributed by atoms with Crippen LogP contribution in [0.15, 0.2) is 78.9 Å². The molecular weight excluding hydrogens is 307 g/mol. The monoisotopic (exact) mass is 320 g/mol. The van der Waals surface area contributed by atoms with Crippen LogP contribution in [-0.4, -0.2) is 5.97 Å². The van der Waals surface area contributed by atoms with Gasteiger partial charge in [-0.15, -0.1) is 0 Å². The predicted molar refractivity (Wildman–Crippen MR) is 91.2 cm³/mol. The number of benzene rings is 4. The van der Waals surface area contributed by atoms with Gasteiger partial charge < -0.3 is 9.90 Å². The number of fused-ring (bicyclic) bond motifs is 2. The Hall–Kier alpha value is -2.13. The molecule has 0 atom stereocenters. The van der Waals surface area contributed by atoms with Crippen LogP contribution in [0.25, 0.3) is 32.7 Å². The Morgan fingerprint density at radius 3 is 1.92 bits per heavy atom. The van der Waals surface area contributed by atoms with Gasteiger partial charge in [-0.2, -0.15) is 0 Å². The summed E-state index contributed by atoms with van der Waals surface area (Å²) in [6.07, 6.45) is 0. The van der Waals surface area contributed by atoms with Gasteiger partial charge in [0.2, 0.25) is 0 Å². The minimum Gasteiger partial charge on any atom is -0.545 e. The molecule has 0 bridgehead atoms. The second kappa shape index (κ2) is 6.78. The van der Waals surface area contributed by atoms with Crippen LogP contribution < -0.4 is 34.7 Å². The third-order valence-electron chi connectivity index (χ3n) is 4.19. The molecule has 24 heavy (non-hydrogen) atoms. The van der Waals surface area contributed by atoms with Gasteiger partial charge in [-0.3, -0.25) is 0 Å². The fourth-order valence-corrected chi connectivity index (χ4v) is 3.08. The molecule has 0 spiro atoms. The van der Waals surface area contributed by atoms with Crippen LogP contribution in [0, 0.1) is 0 Å². The van der Waals surface area contributed by atoms with E-state index in [4.69, 9.17) is 0 Å². The van der Waals surface area contributed by atoms with Crippen molar-refractivity contribution in [2.75, 3.05) is 0 Å². The van der Waals surface area contributed by atoms with E-state index in [1.807, 2.05) is 66.7 Å². The maximum atomic E-state index is 11.5. The molecule has 0 aromatic heterocycles. The van der Waals surface area contributed by atoms with Crippen molar-refractivity contribution in [3.8, 4) is 11.1 Å². The molecule has 0 amide bonds. The van der Waals surface area contributed by atoms with E-state index in [0.717, 1.165) is 27.3 Å². The van der Waals surface area contributed by atoms with Crippen LogP contribution in [0.4, 0.5) is 0 Å². The van der Waals surface area contributed by atoms with Crippen molar-refractivity contribution in [3.63, 3.8) is 0 Å². The maximum Gasteiger partial charge on any atom is 1.00 e. The van der Waals surface area contributed by atoms with Crippen LogP contribution in [0.2, 0.25) is 0 Å². The molecule has 4 aromatic carbocycles. The van der Waals surface area contributed by atoms with Crippen LogP contribution in [-0.2, 0) is 0 Å². The summed E-state index contributed by atoms with van der Waals surface area (Å²) in [6, 6.07) is 25.4. The fourth-order valence-electron chi connectivity index (χ4n) is 3.08. The summed E-state index contributed by atoms with van der Waals surface area (Å²) < 4.78 is 0. The van der Waals surface area contributed by atoms with Crippen molar-refractivity contribution in [2.45, 2.75) is 0 Å². The number of carboxylic acid groups (broad SMARTS) is 1. The molecule has 4 aromatic rings. The second-order valence-electron chi connectivity index (χ2n) is 5.56. The average molecular weight is 320 g/mol. The summed E-state index contributed by atoms with van der Waals surface area (Å²) in [4.78, 5) is 11.5. The average Bonchev–Trinajstić information content (AvgIpc) is 2.59. The first-order valence-corrected chi connectivity index (χ1v) is 7.46. The summed E-state index contributed by atoms with van der Waals surface area (Å²) in [5, 5.41) is 15.2. The van der Waals surface area contributed by atoms with Crippen molar-refractivity contribution in [1.29, 1.82) is 0 Å². The molecule has 0 fully saturated rings. The van der Waals surface area contributed by atoms with Gasteiger partial charge in [-0.05, 0) is 44.8 Å². The Kier molecular flexibility index (Phi) is 4.72. The van der Waals surface area contributed by atoms with Gasteiger partial charge in [-0.1, -0.05) is 66.7 Å². The van der Waals surface area contributed by atoms with Gasteiger partial charge in [0.05, 0.1) is 5.97 Å². The van der Waals surface area contributed by atoms with Crippen LogP contribution in [0.5, 0.6) is 0 Å². The van der Waals surface area contributed by atoms with Crippen molar-refractivity contribution in [2.24, 2.45) is 0 Å². The summed E-state index contributed by atoms with van der Waals surface area (Å²) in [5.74, 6) is -1.15. The van der Waals surface area contributed by atoms with E-state index in [-0.39, 0.29) is 35.1 Å². The van der Waals surface area contributed by atoms with Gasteiger partial charge in [0.25, 0.3) is 0 Å². The van der Waals surface area contributed by atoms with Gasteiger partial charge >= 0.3 is 29.6 Å². The number of aromatic carboxylic acids is 1. The minimum absolute atomic E-state index is 0.